The molecule has 0 fully saturated rings. The first-order valence-corrected chi connectivity index (χ1v) is 11.9. The van der Waals surface area contributed by atoms with Crippen LogP contribution in [0.1, 0.15) is 11.1 Å². The zero-order valence-corrected chi connectivity index (χ0v) is 18.3. The van der Waals surface area contributed by atoms with E-state index in [4.69, 9.17) is 10.00 Å². The molecule has 0 aliphatic rings. The summed E-state index contributed by atoms with van der Waals surface area (Å²) in [7, 11) is -6.64. The number of nitrogens with one attached hydrogen (secondary N) is 2. The van der Waals surface area contributed by atoms with Gasteiger partial charge in [0, 0.05) is 0 Å². The van der Waals surface area contributed by atoms with Crippen LogP contribution in [0.25, 0.3) is 0 Å². The van der Waals surface area contributed by atoms with E-state index in [2.05, 4.69) is 9.44 Å². The van der Waals surface area contributed by atoms with Crippen molar-refractivity contribution < 1.29 is 21.6 Å². The van der Waals surface area contributed by atoms with E-state index < -0.39 is 20.0 Å². The molecule has 10 heteroatoms. The third kappa shape index (κ3) is 4.96. The van der Waals surface area contributed by atoms with Gasteiger partial charge in [-0.3, -0.25) is 9.44 Å². The van der Waals surface area contributed by atoms with Crippen LogP contribution >= 0.6 is 0 Å². The Morgan fingerprint density at radius 3 is 2.13 bits per heavy atom. The molecule has 0 aliphatic heterocycles. The standard InChI is InChI=1S/C21H19N3O5S2/c1-15-10-11-18(31(27,28)23-19-8-3-4-9-21(19)29-2)13-20(15)24-30(25,26)17-7-5-6-16(12-17)14-22/h3-13,23-24H,1-2H3. The molecule has 0 unspecified atom stereocenters. The van der Waals surface area contributed by atoms with Crippen LogP contribution in [-0.2, 0) is 20.0 Å². The molecule has 3 aromatic rings. The average Bonchev–Trinajstić information content (AvgIpc) is 2.75. The molecule has 0 radical (unpaired) electrons. The number of benzene rings is 3. The lowest BCUT2D eigenvalue weighted by atomic mass is 10.2. The van der Waals surface area contributed by atoms with Gasteiger partial charge in [-0.2, -0.15) is 5.26 Å². The summed E-state index contributed by atoms with van der Waals surface area (Å²) in [6.07, 6.45) is 0. The first-order chi connectivity index (χ1) is 14.7. The van der Waals surface area contributed by atoms with E-state index in [1.165, 1.54) is 49.6 Å². The number of rotatable bonds is 7. The molecule has 0 aromatic heterocycles. The summed E-state index contributed by atoms with van der Waals surface area (Å²) in [5.41, 5.74) is 1.07. The molecule has 0 heterocycles. The number of nitriles is 1. The maximum absolute atomic E-state index is 12.9. The highest BCUT2D eigenvalue weighted by Crippen LogP contribution is 2.28. The molecule has 2 N–H and O–H groups in total. The number of nitrogens with zero attached hydrogens (tertiary/aromatic N) is 1. The third-order valence-corrected chi connectivity index (χ3v) is 7.11. The molecule has 160 valence electrons. The maximum atomic E-state index is 12.9. The van der Waals surface area contributed by atoms with Crippen molar-refractivity contribution in [3.05, 3.63) is 77.9 Å². The molecule has 8 nitrogen and oxygen atoms in total. The number of methoxy groups -OCH3 is 1. The van der Waals surface area contributed by atoms with Gasteiger partial charge in [0.15, 0.2) is 0 Å². The fourth-order valence-corrected chi connectivity index (χ4v) is 5.01. The summed E-state index contributed by atoms with van der Waals surface area (Å²) in [6, 6.07) is 18.1. The lowest BCUT2D eigenvalue weighted by molar-refractivity contribution is 0.417. The number of aryl methyl sites for hydroxylation is 1. The van der Waals surface area contributed by atoms with Crippen LogP contribution in [0.4, 0.5) is 11.4 Å². The summed E-state index contributed by atoms with van der Waals surface area (Å²) in [5.74, 6) is 0.344. The second kappa shape index (κ2) is 8.67. The van der Waals surface area contributed by atoms with Crippen LogP contribution in [-0.4, -0.2) is 23.9 Å². The van der Waals surface area contributed by atoms with E-state index >= 15 is 0 Å². The number of hydrogen-bond donors (Lipinski definition) is 2. The lowest BCUT2D eigenvalue weighted by Gasteiger charge is -2.14. The fraction of sp³-hybridized carbons (Fsp3) is 0.0952. The SMILES string of the molecule is COc1ccccc1NS(=O)(=O)c1ccc(C)c(NS(=O)(=O)c2cccc(C#N)c2)c1. The van der Waals surface area contributed by atoms with Gasteiger partial charge in [-0.05, 0) is 55.0 Å². The monoisotopic (exact) mass is 457 g/mol. The smallest absolute Gasteiger partial charge is 0.262 e. The van der Waals surface area contributed by atoms with Gasteiger partial charge >= 0.3 is 0 Å². The van der Waals surface area contributed by atoms with Gasteiger partial charge in [-0.1, -0.05) is 24.3 Å². The van der Waals surface area contributed by atoms with Crippen LogP contribution < -0.4 is 14.2 Å². The normalized spacial score (nSPS) is 11.4. The summed E-state index contributed by atoms with van der Waals surface area (Å²) in [4.78, 5) is -0.237. The summed E-state index contributed by atoms with van der Waals surface area (Å²) < 4.78 is 61.3. The van der Waals surface area contributed by atoms with Crippen LogP contribution in [0.3, 0.4) is 0 Å². The predicted molar refractivity (Wildman–Crippen MR) is 117 cm³/mol. The van der Waals surface area contributed by atoms with Gasteiger partial charge in [0.05, 0.1) is 39.9 Å². The topological polar surface area (TPSA) is 125 Å². The quantitative estimate of drug-likeness (QED) is 0.560. The Morgan fingerprint density at radius 1 is 0.806 bits per heavy atom. The Morgan fingerprint density at radius 2 is 1.45 bits per heavy atom. The molecule has 0 atom stereocenters. The third-order valence-electron chi connectivity index (χ3n) is 4.39. The molecule has 0 spiro atoms. The van der Waals surface area contributed by atoms with Gasteiger partial charge in [0.2, 0.25) is 0 Å². The Labute approximate surface area is 181 Å². The van der Waals surface area contributed by atoms with E-state index in [0.29, 0.717) is 11.3 Å². The number of hydrogen-bond acceptors (Lipinski definition) is 6. The second-order valence-electron chi connectivity index (χ2n) is 6.53. The highest BCUT2D eigenvalue weighted by Gasteiger charge is 2.20. The van der Waals surface area contributed by atoms with Gasteiger partial charge < -0.3 is 4.74 Å². The molecule has 0 amide bonds. The number of anilines is 2. The van der Waals surface area contributed by atoms with Crippen molar-refractivity contribution in [3.8, 4) is 11.8 Å². The van der Waals surface area contributed by atoms with Crippen LogP contribution in [0.15, 0.2) is 76.5 Å². The van der Waals surface area contributed by atoms with Gasteiger partial charge in [-0.15, -0.1) is 0 Å². The van der Waals surface area contributed by atoms with Crippen molar-refractivity contribution in [2.75, 3.05) is 16.6 Å². The summed E-state index contributed by atoms with van der Waals surface area (Å²) in [6.45, 7) is 1.65. The van der Waals surface area contributed by atoms with Crippen molar-refractivity contribution in [2.45, 2.75) is 16.7 Å². The Hall–Kier alpha value is -3.55. The van der Waals surface area contributed by atoms with Crippen molar-refractivity contribution >= 4 is 31.4 Å². The zero-order chi connectivity index (χ0) is 22.6. The van der Waals surface area contributed by atoms with Gasteiger partial charge in [-0.25, -0.2) is 16.8 Å². The average molecular weight is 458 g/mol. The van der Waals surface area contributed by atoms with E-state index in [0.717, 1.165) is 0 Å². The Kier molecular flexibility index (Phi) is 6.19. The minimum absolute atomic E-state index is 0.102. The van der Waals surface area contributed by atoms with Crippen LogP contribution in [0, 0.1) is 18.3 Å². The molecule has 0 saturated carbocycles. The molecule has 31 heavy (non-hydrogen) atoms. The highest BCUT2D eigenvalue weighted by molar-refractivity contribution is 7.93. The predicted octanol–water partition coefficient (Wildman–Crippen LogP) is 3.48. The largest absolute Gasteiger partial charge is 0.495 e. The van der Waals surface area contributed by atoms with Crippen LogP contribution in [0.2, 0.25) is 0 Å². The molecule has 3 aromatic carbocycles. The summed E-state index contributed by atoms with van der Waals surface area (Å²) in [5, 5.41) is 9.00. The molecule has 0 aliphatic carbocycles. The van der Waals surface area contributed by atoms with E-state index in [9.17, 15) is 16.8 Å². The minimum Gasteiger partial charge on any atom is -0.495 e. The molecule has 0 bridgehead atoms. The van der Waals surface area contributed by atoms with Crippen molar-refractivity contribution in [1.82, 2.24) is 0 Å². The van der Waals surface area contributed by atoms with Crippen LogP contribution in [0.5, 0.6) is 5.75 Å². The number of para-hydroxylation sites is 2. The van der Waals surface area contributed by atoms with E-state index in [1.54, 1.807) is 31.2 Å². The molecule has 3 rings (SSSR count). The van der Waals surface area contributed by atoms with Crippen molar-refractivity contribution in [2.24, 2.45) is 0 Å². The van der Waals surface area contributed by atoms with Crippen molar-refractivity contribution in [3.63, 3.8) is 0 Å². The van der Waals surface area contributed by atoms with E-state index in [-0.39, 0.29) is 26.7 Å². The molecule has 0 saturated heterocycles. The van der Waals surface area contributed by atoms with E-state index in [1.807, 2.05) is 6.07 Å². The second-order valence-corrected chi connectivity index (χ2v) is 9.89. The Bertz CT molecular complexity index is 1380. The summed E-state index contributed by atoms with van der Waals surface area (Å²) >= 11 is 0. The maximum Gasteiger partial charge on any atom is 0.262 e. The zero-order valence-electron chi connectivity index (χ0n) is 16.7. The number of ether oxygens (including phenoxy) is 1. The first-order valence-electron chi connectivity index (χ1n) is 8.96. The lowest BCUT2D eigenvalue weighted by Crippen LogP contribution is -2.16. The van der Waals surface area contributed by atoms with Gasteiger partial charge in [0.25, 0.3) is 20.0 Å². The molecular formula is C21H19N3O5S2. The Balaban J connectivity index is 1.95. The van der Waals surface area contributed by atoms with Crippen molar-refractivity contribution in [1.29, 1.82) is 5.26 Å². The minimum atomic E-state index is -4.04. The number of sulfonamides is 2. The molecular weight excluding hydrogens is 438 g/mol. The highest BCUT2D eigenvalue weighted by atomic mass is 32.2. The fourth-order valence-electron chi connectivity index (χ4n) is 2.75. The van der Waals surface area contributed by atoms with Gasteiger partial charge in [0.1, 0.15) is 5.75 Å². The first kappa shape index (κ1) is 22.1.